The second-order valence-corrected chi connectivity index (χ2v) is 8.98. The normalized spacial score (nSPS) is 14.3. The van der Waals surface area contributed by atoms with Crippen LogP contribution in [0.2, 0.25) is 0 Å². The minimum atomic E-state index is -0.136. The van der Waals surface area contributed by atoms with Crippen molar-refractivity contribution in [1.29, 1.82) is 0 Å². The van der Waals surface area contributed by atoms with Gasteiger partial charge in [0.1, 0.15) is 16.8 Å². The lowest BCUT2D eigenvalue weighted by molar-refractivity contribution is -0.121. The zero-order valence-corrected chi connectivity index (χ0v) is 18.1. The molecule has 3 aromatic heterocycles. The van der Waals surface area contributed by atoms with E-state index >= 15 is 0 Å². The topological polar surface area (TPSA) is 97.0 Å². The molecule has 3 heterocycles. The predicted octanol–water partition coefficient (Wildman–Crippen LogP) is 3.57. The molecule has 4 rings (SSSR count). The molecule has 0 saturated heterocycles. The molecule has 0 aliphatic heterocycles. The second kappa shape index (κ2) is 8.95. The quantitative estimate of drug-likeness (QED) is 0.602. The Hall–Kier alpha value is -2.74. The van der Waals surface area contributed by atoms with Crippen LogP contribution in [0, 0.1) is 13.8 Å². The van der Waals surface area contributed by atoms with Crippen molar-refractivity contribution in [2.75, 3.05) is 0 Å². The van der Waals surface area contributed by atoms with Crippen molar-refractivity contribution in [3.63, 3.8) is 0 Å². The number of H-pyrrole nitrogens is 1. The van der Waals surface area contributed by atoms with Gasteiger partial charge >= 0.3 is 0 Å². The molecule has 0 atom stereocenters. The van der Waals surface area contributed by atoms with Crippen LogP contribution in [0.3, 0.4) is 0 Å². The number of amides is 1. The Labute approximate surface area is 178 Å². The van der Waals surface area contributed by atoms with Crippen molar-refractivity contribution in [1.82, 2.24) is 20.3 Å². The van der Waals surface area contributed by atoms with Crippen LogP contribution < -0.4 is 15.6 Å². The highest BCUT2D eigenvalue weighted by Crippen LogP contribution is 2.26. The zero-order valence-electron chi connectivity index (χ0n) is 17.3. The van der Waals surface area contributed by atoms with E-state index in [2.05, 4.69) is 20.3 Å². The SMILES string of the molecule is Cc1sc2nc(CCC(=O)NCc3ccc(OC4CCCC4)nc3)[nH]c(=O)c2c1C. The van der Waals surface area contributed by atoms with Gasteiger partial charge in [-0.05, 0) is 50.7 Å². The number of carbonyl (C=O) groups is 1. The first kappa shape index (κ1) is 20.5. The number of aryl methyl sites for hydroxylation is 3. The number of nitrogens with zero attached hydrogens (tertiary/aromatic N) is 2. The van der Waals surface area contributed by atoms with Crippen molar-refractivity contribution < 1.29 is 9.53 Å². The number of thiophene rings is 1. The molecule has 1 aliphatic rings. The number of ether oxygens (including phenoxy) is 1. The number of fused-ring (bicyclic) bond motifs is 1. The Morgan fingerprint density at radius 3 is 2.83 bits per heavy atom. The fraction of sp³-hybridized carbons (Fsp3) is 0.455. The van der Waals surface area contributed by atoms with Crippen molar-refractivity contribution >= 4 is 27.5 Å². The molecule has 2 N–H and O–H groups in total. The number of hydrogen-bond acceptors (Lipinski definition) is 6. The van der Waals surface area contributed by atoms with Gasteiger partial charge in [-0.1, -0.05) is 6.07 Å². The van der Waals surface area contributed by atoms with Crippen LogP contribution in [0.25, 0.3) is 10.2 Å². The summed E-state index contributed by atoms with van der Waals surface area (Å²) in [5, 5.41) is 3.54. The van der Waals surface area contributed by atoms with Gasteiger partial charge < -0.3 is 15.0 Å². The second-order valence-electron chi connectivity index (χ2n) is 7.78. The number of nitrogens with one attached hydrogen (secondary N) is 2. The van der Waals surface area contributed by atoms with Crippen molar-refractivity contribution in [3.8, 4) is 5.88 Å². The maximum absolute atomic E-state index is 12.3. The number of rotatable bonds is 7. The Balaban J connectivity index is 1.28. The van der Waals surface area contributed by atoms with E-state index in [1.54, 1.807) is 6.20 Å². The van der Waals surface area contributed by atoms with Crippen molar-refractivity contribution in [2.24, 2.45) is 0 Å². The molecule has 8 heteroatoms. The first-order valence-electron chi connectivity index (χ1n) is 10.4. The minimum absolute atomic E-state index is 0.0948. The summed E-state index contributed by atoms with van der Waals surface area (Å²) < 4.78 is 5.86. The van der Waals surface area contributed by atoms with E-state index in [0.29, 0.717) is 30.1 Å². The summed E-state index contributed by atoms with van der Waals surface area (Å²) in [5.41, 5.74) is 1.75. The molecular formula is C22H26N4O3S. The molecule has 1 fully saturated rings. The third-order valence-corrected chi connectivity index (χ3v) is 6.66. The van der Waals surface area contributed by atoms with Crippen molar-refractivity contribution in [2.45, 2.75) is 65.0 Å². The van der Waals surface area contributed by atoms with E-state index in [9.17, 15) is 9.59 Å². The molecule has 0 radical (unpaired) electrons. The summed E-state index contributed by atoms with van der Waals surface area (Å²) >= 11 is 1.51. The monoisotopic (exact) mass is 426 g/mol. The van der Waals surface area contributed by atoms with Crippen LogP contribution in [-0.2, 0) is 17.8 Å². The summed E-state index contributed by atoms with van der Waals surface area (Å²) in [7, 11) is 0. The summed E-state index contributed by atoms with van der Waals surface area (Å²) in [5.74, 6) is 1.09. The highest BCUT2D eigenvalue weighted by molar-refractivity contribution is 7.18. The van der Waals surface area contributed by atoms with Gasteiger partial charge in [0.25, 0.3) is 5.56 Å². The number of carbonyl (C=O) groups excluding carboxylic acids is 1. The number of pyridine rings is 1. The molecule has 7 nitrogen and oxygen atoms in total. The number of hydrogen-bond donors (Lipinski definition) is 2. The van der Waals surface area contributed by atoms with Gasteiger partial charge in [-0.15, -0.1) is 11.3 Å². The molecule has 158 valence electrons. The Morgan fingerprint density at radius 1 is 1.30 bits per heavy atom. The Morgan fingerprint density at radius 2 is 2.10 bits per heavy atom. The summed E-state index contributed by atoms with van der Waals surface area (Å²) in [6.07, 6.45) is 7.30. The first-order chi connectivity index (χ1) is 14.5. The summed E-state index contributed by atoms with van der Waals surface area (Å²) in [4.78, 5) is 38.0. The lowest BCUT2D eigenvalue weighted by Crippen LogP contribution is -2.24. The van der Waals surface area contributed by atoms with E-state index in [-0.39, 0.29) is 24.0 Å². The fourth-order valence-corrected chi connectivity index (χ4v) is 4.75. The van der Waals surface area contributed by atoms with E-state index in [1.807, 2.05) is 26.0 Å². The summed E-state index contributed by atoms with van der Waals surface area (Å²) in [6.45, 7) is 4.32. The molecule has 3 aromatic rings. The van der Waals surface area contributed by atoms with Crippen LogP contribution in [0.15, 0.2) is 23.1 Å². The molecule has 0 spiro atoms. The molecule has 0 bridgehead atoms. The lowest BCUT2D eigenvalue weighted by Gasteiger charge is -2.12. The van der Waals surface area contributed by atoms with E-state index in [0.717, 1.165) is 33.7 Å². The minimum Gasteiger partial charge on any atom is -0.474 e. The van der Waals surface area contributed by atoms with Crippen molar-refractivity contribution in [3.05, 3.63) is 50.5 Å². The standard InChI is InChI=1S/C22H26N4O3S/c1-13-14(2)30-22-20(13)21(28)25-17(26-22)8-9-18(27)23-11-15-7-10-19(24-12-15)29-16-5-3-4-6-16/h7,10,12,16H,3-6,8-9,11H2,1-2H3,(H,23,27)(H,25,26,28). The number of aromatic amines is 1. The van der Waals surface area contributed by atoms with Gasteiger partial charge in [0.15, 0.2) is 0 Å². The average Bonchev–Trinajstić information content (AvgIpc) is 3.34. The molecule has 0 aromatic carbocycles. The maximum atomic E-state index is 12.3. The lowest BCUT2D eigenvalue weighted by atomic mass is 10.2. The molecule has 30 heavy (non-hydrogen) atoms. The predicted molar refractivity (Wildman–Crippen MR) is 117 cm³/mol. The fourth-order valence-electron chi connectivity index (χ4n) is 3.70. The van der Waals surface area contributed by atoms with Gasteiger partial charge in [0.05, 0.1) is 5.39 Å². The van der Waals surface area contributed by atoms with Gasteiger partial charge in [-0.25, -0.2) is 9.97 Å². The van der Waals surface area contributed by atoms with Gasteiger partial charge in [-0.3, -0.25) is 9.59 Å². The summed E-state index contributed by atoms with van der Waals surface area (Å²) in [6, 6.07) is 3.78. The largest absolute Gasteiger partial charge is 0.474 e. The zero-order chi connectivity index (χ0) is 21.1. The Bertz CT molecular complexity index is 1100. The average molecular weight is 427 g/mol. The third kappa shape index (κ3) is 4.70. The smallest absolute Gasteiger partial charge is 0.259 e. The molecule has 0 unspecified atom stereocenters. The first-order valence-corrected chi connectivity index (χ1v) is 11.2. The van der Waals surface area contributed by atoms with Crippen LogP contribution in [-0.4, -0.2) is 27.0 Å². The number of aromatic nitrogens is 3. The van der Waals surface area contributed by atoms with E-state index < -0.39 is 0 Å². The molecule has 1 aliphatic carbocycles. The van der Waals surface area contributed by atoms with Crippen LogP contribution in [0.5, 0.6) is 5.88 Å². The van der Waals surface area contributed by atoms with Crippen LogP contribution in [0.1, 0.15) is 53.9 Å². The molecular weight excluding hydrogens is 400 g/mol. The van der Waals surface area contributed by atoms with Crippen LogP contribution in [0.4, 0.5) is 0 Å². The maximum Gasteiger partial charge on any atom is 0.259 e. The van der Waals surface area contributed by atoms with Gasteiger partial charge in [0.2, 0.25) is 11.8 Å². The van der Waals surface area contributed by atoms with Gasteiger partial charge in [-0.2, -0.15) is 0 Å². The van der Waals surface area contributed by atoms with Crippen LogP contribution >= 0.6 is 11.3 Å². The molecule has 1 saturated carbocycles. The van der Waals surface area contributed by atoms with Gasteiger partial charge in [0, 0.05) is 36.5 Å². The Kier molecular flexibility index (Phi) is 6.13. The highest BCUT2D eigenvalue weighted by Gasteiger charge is 2.17. The van der Waals surface area contributed by atoms with E-state index in [4.69, 9.17) is 4.74 Å². The highest BCUT2D eigenvalue weighted by atomic mass is 32.1. The molecule has 1 amide bonds. The third-order valence-electron chi connectivity index (χ3n) is 5.55. The van der Waals surface area contributed by atoms with E-state index in [1.165, 1.54) is 24.2 Å².